The number of benzene rings is 1. The quantitative estimate of drug-likeness (QED) is 0.623. The third-order valence-corrected chi connectivity index (χ3v) is 3.19. The zero-order chi connectivity index (χ0) is 15.4. The fraction of sp³-hybridized carbons (Fsp3) is 0.286. The summed E-state index contributed by atoms with van der Waals surface area (Å²) in [6.07, 6.45) is 1.37. The maximum Gasteiger partial charge on any atom is 0.269 e. The van der Waals surface area contributed by atoms with Crippen molar-refractivity contribution in [3.05, 3.63) is 46.1 Å². The molecular formula is C14H15N3O4. The standard InChI is InChI=1S/C14H15N3O4/c1-3-16(4-2)14(18)12-9-15-21-13(12)10-5-7-11(8-6-10)17(19)20/h5-9H,3-4H2,1-2H3. The minimum atomic E-state index is -0.480. The lowest BCUT2D eigenvalue weighted by Gasteiger charge is -2.17. The van der Waals surface area contributed by atoms with Gasteiger partial charge in [0.1, 0.15) is 5.56 Å². The predicted molar refractivity (Wildman–Crippen MR) is 75.8 cm³/mol. The normalized spacial score (nSPS) is 10.4. The lowest BCUT2D eigenvalue weighted by Crippen LogP contribution is -2.30. The van der Waals surface area contributed by atoms with Gasteiger partial charge in [-0.3, -0.25) is 14.9 Å². The molecule has 1 aromatic heterocycles. The van der Waals surface area contributed by atoms with Gasteiger partial charge in [0.05, 0.1) is 11.1 Å². The molecule has 7 nitrogen and oxygen atoms in total. The first-order chi connectivity index (χ1) is 10.1. The van der Waals surface area contributed by atoms with Crippen LogP contribution >= 0.6 is 0 Å². The summed E-state index contributed by atoms with van der Waals surface area (Å²) in [6.45, 7) is 4.95. The molecule has 0 spiro atoms. The summed E-state index contributed by atoms with van der Waals surface area (Å²) in [5.74, 6) is 0.149. The number of rotatable bonds is 5. The third kappa shape index (κ3) is 2.91. The first-order valence-electron chi connectivity index (χ1n) is 6.57. The largest absolute Gasteiger partial charge is 0.355 e. The molecule has 0 N–H and O–H groups in total. The van der Waals surface area contributed by atoms with Crippen molar-refractivity contribution in [1.82, 2.24) is 10.1 Å². The molecule has 1 aromatic carbocycles. The summed E-state index contributed by atoms with van der Waals surface area (Å²) in [6, 6.07) is 5.81. The van der Waals surface area contributed by atoms with Gasteiger partial charge in [-0.15, -0.1) is 0 Å². The SMILES string of the molecule is CCN(CC)C(=O)c1cnoc1-c1ccc([N+](=O)[O-])cc1. The monoisotopic (exact) mass is 289 g/mol. The highest BCUT2D eigenvalue weighted by Crippen LogP contribution is 2.26. The number of nitro groups is 1. The van der Waals surface area contributed by atoms with Crippen LogP contribution in [0.4, 0.5) is 5.69 Å². The summed E-state index contributed by atoms with van der Waals surface area (Å²) in [4.78, 5) is 24.2. The average molecular weight is 289 g/mol. The molecule has 0 fully saturated rings. The molecule has 0 aliphatic carbocycles. The Morgan fingerprint density at radius 2 is 1.90 bits per heavy atom. The van der Waals surface area contributed by atoms with Crippen molar-refractivity contribution in [2.75, 3.05) is 13.1 Å². The van der Waals surface area contributed by atoms with E-state index in [1.807, 2.05) is 13.8 Å². The Balaban J connectivity index is 2.36. The molecule has 0 atom stereocenters. The molecule has 0 saturated carbocycles. The van der Waals surface area contributed by atoms with Gasteiger partial charge in [0, 0.05) is 30.8 Å². The van der Waals surface area contributed by atoms with Gasteiger partial charge in [-0.05, 0) is 26.0 Å². The molecule has 0 radical (unpaired) electrons. The molecule has 2 aromatic rings. The number of aromatic nitrogens is 1. The molecule has 0 unspecified atom stereocenters. The van der Waals surface area contributed by atoms with Gasteiger partial charge in [-0.1, -0.05) is 5.16 Å². The van der Waals surface area contributed by atoms with E-state index in [0.29, 0.717) is 30.0 Å². The summed E-state index contributed by atoms with van der Waals surface area (Å²) in [5.41, 5.74) is 0.913. The molecule has 0 saturated heterocycles. The first-order valence-corrected chi connectivity index (χ1v) is 6.57. The second-order valence-electron chi connectivity index (χ2n) is 4.35. The van der Waals surface area contributed by atoms with Crippen molar-refractivity contribution >= 4 is 11.6 Å². The minimum Gasteiger partial charge on any atom is -0.355 e. The summed E-state index contributed by atoms with van der Waals surface area (Å²) < 4.78 is 5.14. The van der Waals surface area contributed by atoms with Gasteiger partial charge in [-0.25, -0.2) is 0 Å². The molecule has 2 rings (SSSR count). The summed E-state index contributed by atoms with van der Waals surface area (Å²) in [7, 11) is 0. The molecule has 0 bridgehead atoms. The highest BCUT2D eigenvalue weighted by molar-refractivity contribution is 5.99. The van der Waals surface area contributed by atoms with Crippen molar-refractivity contribution in [2.24, 2.45) is 0 Å². The molecule has 21 heavy (non-hydrogen) atoms. The number of carbonyl (C=O) groups is 1. The number of nitrogens with zero attached hydrogens (tertiary/aromatic N) is 3. The topological polar surface area (TPSA) is 89.5 Å². The maximum atomic E-state index is 12.4. The molecule has 7 heteroatoms. The smallest absolute Gasteiger partial charge is 0.269 e. The third-order valence-electron chi connectivity index (χ3n) is 3.19. The van der Waals surface area contributed by atoms with Crippen LogP contribution in [0.25, 0.3) is 11.3 Å². The zero-order valence-corrected chi connectivity index (χ0v) is 11.8. The van der Waals surface area contributed by atoms with Crippen LogP contribution in [0.2, 0.25) is 0 Å². The molecule has 0 aliphatic rings. The van der Waals surface area contributed by atoms with E-state index in [4.69, 9.17) is 4.52 Å². The fourth-order valence-corrected chi connectivity index (χ4v) is 2.02. The van der Waals surface area contributed by atoms with E-state index in [2.05, 4.69) is 5.16 Å². The van der Waals surface area contributed by atoms with Crippen LogP contribution in [-0.4, -0.2) is 34.0 Å². The average Bonchev–Trinajstić information content (AvgIpc) is 2.97. The molecule has 110 valence electrons. The van der Waals surface area contributed by atoms with E-state index in [9.17, 15) is 14.9 Å². The summed E-state index contributed by atoms with van der Waals surface area (Å²) >= 11 is 0. The first kappa shape index (κ1) is 14.7. The zero-order valence-electron chi connectivity index (χ0n) is 11.8. The van der Waals surface area contributed by atoms with Gasteiger partial charge in [0.25, 0.3) is 11.6 Å². The highest BCUT2D eigenvalue weighted by Gasteiger charge is 2.21. The van der Waals surface area contributed by atoms with Crippen molar-refractivity contribution in [3.63, 3.8) is 0 Å². The van der Waals surface area contributed by atoms with Crippen LogP contribution in [0.15, 0.2) is 35.0 Å². The van der Waals surface area contributed by atoms with Gasteiger partial charge >= 0.3 is 0 Å². The predicted octanol–water partition coefficient (Wildman–Crippen LogP) is 2.73. The molecule has 0 aliphatic heterocycles. The van der Waals surface area contributed by atoms with Crippen molar-refractivity contribution in [2.45, 2.75) is 13.8 Å². The van der Waals surface area contributed by atoms with Crippen LogP contribution < -0.4 is 0 Å². The van der Waals surface area contributed by atoms with Gasteiger partial charge < -0.3 is 9.42 Å². The van der Waals surface area contributed by atoms with E-state index in [-0.39, 0.29) is 11.6 Å². The Hall–Kier alpha value is -2.70. The van der Waals surface area contributed by atoms with E-state index >= 15 is 0 Å². The lowest BCUT2D eigenvalue weighted by atomic mass is 10.1. The van der Waals surface area contributed by atoms with E-state index in [1.54, 1.807) is 4.90 Å². The number of nitro benzene ring substituents is 1. The van der Waals surface area contributed by atoms with Crippen LogP contribution in [0.1, 0.15) is 24.2 Å². The number of hydrogen-bond acceptors (Lipinski definition) is 5. The Morgan fingerprint density at radius 3 is 2.43 bits per heavy atom. The van der Waals surface area contributed by atoms with Crippen molar-refractivity contribution < 1.29 is 14.2 Å². The molecular weight excluding hydrogens is 274 g/mol. The number of amides is 1. The van der Waals surface area contributed by atoms with E-state index < -0.39 is 4.92 Å². The number of hydrogen-bond donors (Lipinski definition) is 0. The van der Waals surface area contributed by atoms with Crippen molar-refractivity contribution in [3.8, 4) is 11.3 Å². The maximum absolute atomic E-state index is 12.4. The highest BCUT2D eigenvalue weighted by atomic mass is 16.6. The van der Waals surface area contributed by atoms with E-state index in [0.717, 1.165) is 0 Å². The number of non-ortho nitro benzene ring substituents is 1. The van der Waals surface area contributed by atoms with Gasteiger partial charge in [-0.2, -0.15) is 0 Å². The lowest BCUT2D eigenvalue weighted by molar-refractivity contribution is -0.384. The van der Waals surface area contributed by atoms with Crippen LogP contribution in [0.3, 0.4) is 0 Å². The summed E-state index contributed by atoms with van der Waals surface area (Å²) in [5, 5.41) is 14.3. The number of carbonyl (C=O) groups excluding carboxylic acids is 1. The van der Waals surface area contributed by atoms with Crippen molar-refractivity contribution in [1.29, 1.82) is 0 Å². The second-order valence-corrected chi connectivity index (χ2v) is 4.35. The Bertz CT molecular complexity index is 644. The fourth-order valence-electron chi connectivity index (χ4n) is 2.02. The Labute approximate surface area is 121 Å². The Morgan fingerprint density at radius 1 is 1.29 bits per heavy atom. The van der Waals surface area contributed by atoms with Crippen LogP contribution in [0, 0.1) is 10.1 Å². The van der Waals surface area contributed by atoms with Gasteiger partial charge in [0.15, 0.2) is 5.76 Å². The van der Waals surface area contributed by atoms with Crippen LogP contribution in [-0.2, 0) is 0 Å². The molecule has 1 heterocycles. The second kappa shape index (κ2) is 6.17. The Kier molecular flexibility index (Phi) is 4.32. The molecule has 1 amide bonds. The van der Waals surface area contributed by atoms with E-state index in [1.165, 1.54) is 30.5 Å². The van der Waals surface area contributed by atoms with Crippen LogP contribution in [0.5, 0.6) is 0 Å². The minimum absolute atomic E-state index is 0.0186. The van der Waals surface area contributed by atoms with Gasteiger partial charge in [0.2, 0.25) is 0 Å².